The first-order valence-electron chi connectivity index (χ1n) is 28.1. The maximum Gasteiger partial charge on any atom is 0.306 e. The zero-order valence-corrected chi connectivity index (χ0v) is 43.7. The molecule has 0 aliphatic heterocycles. The minimum atomic E-state index is -0.568. The predicted molar refractivity (Wildman–Crippen MR) is 288 cm³/mol. The third kappa shape index (κ3) is 53.7. The van der Waals surface area contributed by atoms with Crippen molar-refractivity contribution in [2.45, 2.75) is 271 Å². The van der Waals surface area contributed by atoms with Gasteiger partial charge >= 0.3 is 11.9 Å². The Morgan fingerprint density at radius 2 is 0.727 bits per heavy atom. The molecule has 5 heteroatoms. The van der Waals surface area contributed by atoms with Crippen molar-refractivity contribution in [2.24, 2.45) is 0 Å². The SMILES string of the molecule is CC/C=C\C/C=C\C/C=C\C/C=C\C/C=C\CCCC(=O)OCC(COCCCCCCCCCCCCCCCCCCCCCC)OC(=O)CCCCCCC/C=C\C/C=C\CCC. The number of ether oxygens (including phenoxy) is 3. The van der Waals surface area contributed by atoms with E-state index in [1.165, 1.54) is 135 Å². The Bertz CT molecular complexity index is 1220. The van der Waals surface area contributed by atoms with Gasteiger partial charge < -0.3 is 14.2 Å². The van der Waals surface area contributed by atoms with E-state index in [9.17, 15) is 9.59 Å². The van der Waals surface area contributed by atoms with Crippen LogP contribution in [0.1, 0.15) is 265 Å². The molecule has 0 heterocycles. The standard InChI is InChI=1S/C61H106O5/c1-4-7-10-13-16-19-22-25-27-29-30-31-33-35-38-41-44-47-50-53-56-64-57-59(66-61(63)55-52-49-46-43-40-36-24-21-18-15-12-9-6-3)58-65-60(62)54-51-48-45-42-39-37-34-32-28-26-23-20-17-14-11-8-5-2/h8,11-12,15,17,20-21,24,26,28,34,37,42,45,59H,4-7,9-10,13-14,16,18-19,22-23,25,27,29-33,35-36,38-41,43-44,46-58H2,1-3H3/b11-8-,15-12-,20-17-,24-21-,28-26-,37-34-,45-42-. The van der Waals surface area contributed by atoms with Crippen LogP contribution >= 0.6 is 0 Å². The molecule has 0 saturated carbocycles. The summed E-state index contributed by atoms with van der Waals surface area (Å²) >= 11 is 0. The summed E-state index contributed by atoms with van der Waals surface area (Å²) in [5.41, 5.74) is 0. The molecule has 380 valence electrons. The van der Waals surface area contributed by atoms with Gasteiger partial charge in [-0.1, -0.05) is 254 Å². The highest BCUT2D eigenvalue weighted by Crippen LogP contribution is 2.16. The van der Waals surface area contributed by atoms with Gasteiger partial charge in [-0.3, -0.25) is 9.59 Å². The Labute approximate surface area is 409 Å². The normalized spacial score (nSPS) is 12.8. The van der Waals surface area contributed by atoms with Crippen molar-refractivity contribution in [3.05, 3.63) is 85.1 Å². The summed E-state index contributed by atoms with van der Waals surface area (Å²) in [6.45, 7) is 7.60. The van der Waals surface area contributed by atoms with E-state index in [0.717, 1.165) is 96.3 Å². The maximum absolute atomic E-state index is 12.8. The zero-order valence-electron chi connectivity index (χ0n) is 43.7. The lowest BCUT2D eigenvalue weighted by molar-refractivity contribution is -0.163. The van der Waals surface area contributed by atoms with Gasteiger partial charge in [0.25, 0.3) is 0 Å². The van der Waals surface area contributed by atoms with E-state index in [4.69, 9.17) is 14.2 Å². The number of rotatable bonds is 51. The van der Waals surface area contributed by atoms with E-state index < -0.39 is 6.10 Å². The van der Waals surface area contributed by atoms with Gasteiger partial charge in [0, 0.05) is 19.4 Å². The lowest BCUT2D eigenvalue weighted by atomic mass is 10.0. The third-order valence-corrected chi connectivity index (χ3v) is 11.9. The molecule has 0 aromatic carbocycles. The van der Waals surface area contributed by atoms with Crippen LogP contribution < -0.4 is 0 Å². The van der Waals surface area contributed by atoms with E-state index in [1.807, 2.05) is 0 Å². The lowest BCUT2D eigenvalue weighted by Gasteiger charge is -2.18. The van der Waals surface area contributed by atoms with Crippen LogP contribution in [0.5, 0.6) is 0 Å². The number of hydrogen-bond donors (Lipinski definition) is 0. The predicted octanol–water partition coefficient (Wildman–Crippen LogP) is 19.2. The summed E-state index contributed by atoms with van der Waals surface area (Å²) in [5.74, 6) is -0.476. The molecule has 0 amide bonds. The van der Waals surface area contributed by atoms with Crippen molar-refractivity contribution in [3.63, 3.8) is 0 Å². The quantitative estimate of drug-likeness (QED) is 0.0346. The molecule has 0 bridgehead atoms. The molecule has 1 atom stereocenters. The average Bonchev–Trinajstić information content (AvgIpc) is 3.32. The molecule has 66 heavy (non-hydrogen) atoms. The van der Waals surface area contributed by atoms with E-state index in [1.54, 1.807) is 0 Å². The molecular weight excluding hydrogens is 813 g/mol. The first-order valence-corrected chi connectivity index (χ1v) is 28.1. The van der Waals surface area contributed by atoms with Crippen LogP contribution in [-0.4, -0.2) is 37.9 Å². The number of carbonyl (C=O) groups excluding carboxylic acids is 2. The van der Waals surface area contributed by atoms with E-state index in [2.05, 4.69) is 106 Å². The van der Waals surface area contributed by atoms with Crippen molar-refractivity contribution in [2.75, 3.05) is 19.8 Å². The van der Waals surface area contributed by atoms with Crippen molar-refractivity contribution in [1.29, 1.82) is 0 Å². The van der Waals surface area contributed by atoms with Crippen LogP contribution in [0, 0.1) is 0 Å². The first-order chi connectivity index (χ1) is 32.6. The van der Waals surface area contributed by atoms with Crippen LogP contribution in [-0.2, 0) is 23.8 Å². The van der Waals surface area contributed by atoms with Gasteiger partial charge in [0.05, 0.1) is 6.61 Å². The number of carbonyl (C=O) groups is 2. The molecule has 0 N–H and O–H groups in total. The molecule has 0 spiro atoms. The van der Waals surface area contributed by atoms with Gasteiger partial charge in [-0.15, -0.1) is 0 Å². The van der Waals surface area contributed by atoms with E-state index >= 15 is 0 Å². The summed E-state index contributed by atoms with van der Waals surface area (Å²) in [5, 5.41) is 0. The summed E-state index contributed by atoms with van der Waals surface area (Å²) < 4.78 is 17.4. The minimum absolute atomic E-state index is 0.0490. The Balaban J connectivity index is 4.31. The largest absolute Gasteiger partial charge is 0.462 e. The Morgan fingerprint density at radius 1 is 0.348 bits per heavy atom. The fourth-order valence-electron chi connectivity index (χ4n) is 7.76. The van der Waals surface area contributed by atoms with Gasteiger partial charge in [0.15, 0.2) is 6.10 Å². The Morgan fingerprint density at radius 3 is 1.20 bits per heavy atom. The molecule has 0 aromatic rings. The molecular formula is C61H106O5. The maximum atomic E-state index is 12.8. The highest BCUT2D eigenvalue weighted by Gasteiger charge is 2.17. The topological polar surface area (TPSA) is 61.8 Å². The Kier molecular flexibility index (Phi) is 53.9. The van der Waals surface area contributed by atoms with Crippen molar-refractivity contribution >= 4 is 11.9 Å². The lowest BCUT2D eigenvalue weighted by Crippen LogP contribution is -2.30. The third-order valence-electron chi connectivity index (χ3n) is 11.9. The smallest absolute Gasteiger partial charge is 0.306 e. The number of esters is 2. The molecule has 0 aliphatic carbocycles. The monoisotopic (exact) mass is 919 g/mol. The zero-order chi connectivity index (χ0) is 47.7. The van der Waals surface area contributed by atoms with Crippen molar-refractivity contribution < 1.29 is 23.8 Å². The van der Waals surface area contributed by atoms with Gasteiger partial charge in [0.1, 0.15) is 6.61 Å². The van der Waals surface area contributed by atoms with Crippen molar-refractivity contribution in [3.8, 4) is 0 Å². The molecule has 0 radical (unpaired) electrons. The number of unbranched alkanes of at least 4 members (excludes halogenated alkanes) is 26. The van der Waals surface area contributed by atoms with E-state index in [0.29, 0.717) is 19.4 Å². The average molecular weight is 920 g/mol. The van der Waals surface area contributed by atoms with Crippen LogP contribution in [0.3, 0.4) is 0 Å². The number of allylic oxidation sites excluding steroid dienone is 14. The van der Waals surface area contributed by atoms with Gasteiger partial charge in [0.2, 0.25) is 0 Å². The van der Waals surface area contributed by atoms with Crippen LogP contribution in [0.2, 0.25) is 0 Å². The van der Waals surface area contributed by atoms with Crippen LogP contribution in [0.4, 0.5) is 0 Å². The fraction of sp³-hybridized carbons (Fsp3) is 0.738. The molecule has 5 nitrogen and oxygen atoms in total. The summed E-state index contributed by atoms with van der Waals surface area (Å²) in [6.07, 6.45) is 74.7. The summed E-state index contributed by atoms with van der Waals surface area (Å²) in [7, 11) is 0. The van der Waals surface area contributed by atoms with Gasteiger partial charge in [-0.25, -0.2) is 0 Å². The highest BCUT2D eigenvalue weighted by molar-refractivity contribution is 5.70. The minimum Gasteiger partial charge on any atom is -0.462 e. The number of hydrogen-bond acceptors (Lipinski definition) is 5. The van der Waals surface area contributed by atoms with E-state index in [-0.39, 0.29) is 25.2 Å². The second kappa shape index (κ2) is 56.4. The fourth-order valence-corrected chi connectivity index (χ4v) is 7.76. The second-order valence-corrected chi connectivity index (χ2v) is 18.5. The molecule has 0 rings (SSSR count). The van der Waals surface area contributed by atoms with Gasteiger partial charge in [-0.2, -0.15) is 0 Å². The molecule has 0 saturated heterocycles. The van der Waals surface area contributed by atoms with Crippen LogP contribution in [0.25, 0.3) is 0 Å². The molecule has 0 aliphatic rings. The molecule has 0 fully saturated rings. The van der Waals surface area contributed by atoms with Crippen molar-refractivity contribution in [1.82, 2.24) is 0 Å². The summed E-state index contributed by atoms with van der Waals surface area (Å²) in [6, 6.07) is 0. The Hall–Kier alpha value is -2.92. The first kappa shape index (κ1) is 63.1. The second-order valence-electron chi connectivity index (χ2n) is 18.5. The summed E-state index contributed by atoms with van der Waals surface area (Å²) in [4.78, 5) is 25.4. The van der Waals surface area contributed by atoms with Gasteiger partial charge in [-0.05, 0) is 83.5 Å². The molecule has 0 aromatic heterocycles. The van der Waals surface area contributed by atoms with Crippen LogP contribution in [0.15, 0.2) is 85.1 Å². The highest BCUT2D eigenvalue weighted by atomic mass is 16.6. The molecule has 1 unspecified atom stereocenters.